The van der Waals surface area contributed by atoms with Gasteiger partial charge in [-0.05, 0) is 38.5 Å². The Morgan fingerprint density at radius 1 is 1.35 bits per heavy atom. The van der Waals surface area contributed by atoms with Crippen molar-refractivity contribution < 1.29 is 4.74 Å². The maximum atomic E-state index is 5.86. The van der Waals surface area contributed by atoms with E-state index in [1.165, 1.54) is 19.3 Å². The van der Waals surface area contributed by atoms with Gasteiger partial charge in [0.1, 0.15) is 5.82 Å². The highest BCUT2D eigenvalue weighted by molar-refractivity contribution is 5.52. The number of aromatic nitrogens is 3. The lowest BCUT2D eigenvalue weighted by atomic mass is 10.1. The number of nitrogens with zero attached hydrogens (tertiary/aromatic N) is 4. The van der Waals surface area contributed by atoms with E-state index in [1.807, 2.05) is 17.5 Å². The van der Waals surface area contributed by atoms with Gasteiger partial charge >= 0.3 is 0 Å². The van der Waals surface area contributed by atoms with Crippen molar-refractivity contribution in [3.63, 3.8) is 0 Å². The monoisotopic (exact) mass is 316 g/mol. The van der Waals surface area contributed by atoms with Crippen molar-refractivity contribution in [2.45, 2.75) is 58.5 Å². The summed E-state index contributed by atoms with van der Waals surface area (Å²) in [4.78, 5) is 7.02. The molecule has 0 unspecified atom stereocenters. The van der Waals surface area contributed by atoms with Crippen LogP contribution in [0.3, 0.4) is 0 Å². The number of ether oxygens (including phenoxy) is 1. The Bertz CT molecular complexity index is 658. The average Bonchev–Trinajstić information content (AvgIpc) is 2.92. The quantitative estimate of drug-likeness (QED) is 0.846. The second-order valence-electron chi connectivity index (χ2n) is 6.95. The molecule has 1 aliphatic heterocycles. The van der Waals surface area contributed by atoms with Gasteiger partial charge in [-0.1, -0.05) is 13.8 Å². The lowest BCUT2D eigenvalue weighted by Crippen LogP contribution is -2.28. The molecule has 1 fully saturated rings. The van der Waals surface area contributed by atoms with Crippen molar-refractivity contribution in [3.8, 4) is 0 Å². The van der Waals surface area contributed by atoms with Gasteiger partial charge in [-0.2, -0.15) is 9.61 Å². The van der Waals surface area contributed by atoms with Gasteiger partial charge in [0.15, 0.2) is 5.65 Å². The lowest BCUT2D eigenvalue weighted by molar-refractivity contribution is 0.0126. The SMILES string of the molecule is Cc1cc2nc(C(C)C)cc(N(C)CC[C@@H]3CCCCO3)n2n1. The van der Waals surface area contributed by atoms with Crippen LogP contribution < -0.4 is 4.90 Å². The van der Waals surface area contributed by atoms with E-state index < -0.39 is 0 Å². The number of rotatable bonds is 5. The fourth-order valence-corrected chi connectivity index (χ4v) is 3.15. The fraction of sp³-hybridized carbons (Fsp3) is 0.667. The van der Waals surface area contributed by atoms with Crippen molar-refractivity contribution >= 4 is 11.5 Å². The lowest BCUT2D eigenvalue weighted by Gasteiger charge is -2.26. The molecule has 3 rings (SSSR count). The zero-order chi connectivity index (χ0) is 16.4. The summed E-state index contributed by atoms with van der Waals surface area (Å²) in [5.41, 5.74) is 3.06. The first kappa shape index (κ1) is 16.2. The van der Waals surface area contributed by atoms with Gasteiger partial charge in [-0.3, -0.25) is 0 Å². The molecule has 0 aliphatic carbocycles. The molecule has 2 aromatic rings. The minimum Gasteiger partial charge on any atom is -0.378 e. The van der Waals surface area contributed by atoms with Crippen LogP contribution in [0, 0.1) is 6.92 Å². The third-order valence-electron chi connectivity index (χ3n) is 4.59. The van der Waals surface area contributed by atoms with Crippen LogP contribution in [0.5, 0.6) is 0 Å². The summed E-state index contributed by atoms with van der Waals surface area (Å²) < 4.78 is 7.82. The summed E-state index contributed by atoms with van der Waals surface area (Å²) in [6.07, 6.45) is 5.17. The van der Waals surface area contributed by atoms with Gasteiger partial charge in [-0.15, -0.1) is 0 Å². The minimum atomic E-state index is 0.407. The first-order valence-electron chi connectivity index (χ1n) is 8.74. The second kappa shape index (κ2) is 6.87. The van der Waals surface area contributed by atoms with Crippen LogP contribution in [0.2, 0.25) is 0 Å². The molecule has 3 heterocycles. The molecule has 0 radical (unpaired) electrons. The molecular formula is C18H28N4O. The fourth-order valence-electron chi connectivity index (χ4n) is 3.15. The highest BCUT2D eigenvalue weighted by Crippen LogP contribution is 2.23. The van der Waals surface area contributed by atoms with Crippen molar-refractivity contribution in [2.24, 2.45) is 0 Å². The van der Waals surface area contributed by atoms with Crippen molar-refractivity contribution in [2.75, 3.05) is 25.1 Å². The molecular weight excluding hydrogens is 288 g/mol. The number of hydrogen-bond acceptors (Lipinski definition) is 4. The highest BCUT2D eigenvalue weighted by Gasteiger charge is 2.17. The van der Waals surface area contributed by atoms with Gasteiger partial charge in [0.2, 0.25) is 0 Å². The molecule has 5 heteroatoms. The van der Waals surface area contributed by atoms with Gasteiger partial charge in [-0.25, -0.2) is 4.98 Å². The molecule has 23 heavy (non-hydrogen) atoms. The summed E-state index contributed by atoms with van der Waals surface area (Å²) in [5.74, 6) is 1.52. The van der Waals surface area contributed by atoms with E-state index in [9.17, 15) is 0 Å². The molecule has 0 N–H and O–H groups in total. The molecule has 1 saturated heterocycles. The topological polar surface area (TPSA) is 42.7 Å². The molecule has 126 valence electrons. The van der Waals surface area contributed by atoms with E-state index >= 15 is 0 Å². The van der Waals surface area contributed by atoms with E-state index in [2.05, 4.69) is 37.0 Å². The van der Waals surface area contributed by atoms with Crippen LogP contribution in [0.1, 0.15) is 56.8 Å². The summed E-state index contributed by atoms with van der Waals surface area (Å²) in [7, 11) is 2.14. The van der Waals surface area contributed by atoms with Crippen molar-refractivity contribution in [1.29, 1.82) is 0 Å². The number of anilines is 1. The molecule has 0 bridgehead atoms. The van der Waals surface area contributed by atoms with Crippen LogP contribution in [0.25, 0.3) is 5.65 Å². The Labute approximate surface area is 138 Å². The Hall–Kier alpha value is -1.62. The molecule has 1 atom stereocenters. The van der Waals surface area contributed by atoms with E-state index in [0.717, 1.165) is 42.4 Å². The minimum absolute atomic E-state index is 0.407. The van der Waals surface area contributed by atoms with Crippen LogP contribution in [-0.2, 0) is 4.74 Å². The molecule has 0 aromatic carbocycles. The zero-order valence-corrected chi connectivity index (χ0v) is 14.7. The first-order valence-corrected chi connectivity index (χ1v) is 8.74. The third-order valence-corrected chi connectivity index (χ3v) is 4.59. The Morgan fingerprint density at radius 2 is 2.17 bits per heavy atom. The maximum absolute atomic E-state index is 5.86. The first-order chi connectivity index (χ1) is 11.0. The Balaban J connectivity index is 1.81. The summed E-state index contributed by atoms with van der Waals surface area (Å²) in [6.45, 7) is 8.27. The van der Waals surface area contributed by atoms with Crippen molar-refractivity contribution in [1.82, 2.24) is 14.6 Å². The van der Waals surface area contributed by atoms with Crippen LogP contribution in [0.15, 0.2) is 12.1 Å². The summed E-state index contributed by atoms with van der Waals surface area (Å²) >= 11 is 0. The van der Waals surface area contributed by atoms with Gasteiger partial charge in [0.05, 0.1) is 11.8 Å². The van der Waals surface area contributed by atoms with Gasteiger partial charge in [0.25, 0.3) is 0 Å². The Morgan fingerprint density at radius 3 is 2.87 bits per heavy atom. The molecule has 0 saturated carbocycles. The standard InChI is InChI=1S/C18H28N4O/c1-13(2)16-12-18(22-17(19-16)11-14(3)20-22)21(4)9-8-15-7-5-6-10-23-15/h11-13,15H,5-10H2,1-4H3/t15-/m0/s1. The largest absolute Gasteiger partial charge is 0.378 e. The number of aryl methyl sites for hydroxylation is 1. The smallest absolute Gasteiger partial charge is 0.157 e. The maximum Gasteiger partial charge on any atom is 0.157 e. The number of hydrogen-bond donors (Lipinski definition) is 0. The van der Waals surface area contributed by atoms with Crippen LogP contribution in [-0.4, -0.2) is 40.9 Å². The average molecular weight is 316 g/mol. The molecule has 1 aliphatic rings. The molecule has 2 aromatic heterocycles. The molecule has 5 nitrogen and oxygen atoms in total. The van der Waals surface area contributed by atoms with Crippen molar-refractivity contribution in [3.05, 3.63) is 23.5 Å². The predicted octanol–water partition coefficient (Wildman–Crippen LogP) is 3.56. The summed E-state index contributed by atoms with van der Waals surface area (Å²) in [6, 6.07) is 4.22. The van der Waals surface area contributed by atoms with E-state index in [1.54, 1.807) is 0 Å². The normalized spacial score (nSPS) is 18.7. The predicted molar refractivity (Wildman–Crippen MR) is 93.3 cm³/mol. The summed E-state index contributed by atoms with van der Waals surface area (Å²) in [5, 5.41) is 4.61. The molecule has 0 spiro atoms. The third kappa shape index (κ3) is 3.66. The van der Waals surface area contributed by atoms with Crippen LogP contribution >= 0.6 is 0 Å². The zero-order valence-electron chi connectivity index (χ0n) is 14.7. The van der Waals surface area contributed by atoms with E-state index in [4.69, 9.17) is 9.72 Å². The van der Waals surface area contributed by atoms with Gasteiger partial charge < -0.3 is 9.64 Å². The molecule has 0 amide bonds. The number of fused-ring (bicyclic) bond motifs is 1. The second-order valence-corrected chi connectivity index (χ2v) is 6.95. The van der Waals surface area contributed by atoms with Crippen LogP contribution in [0.4, 0.5) is 5.82 Å². The highest BCUT2D eigenvalue weighted by atomic mass is 16.5. The van der Waals surface area contributed by atoms with E-state index in [-0.39, 0.29) is 0 Å². The van der Waals surface area contributed by atoms with E-state index in [0.29, 0.717) is 12.0 Å². The van der Waals surface area contributed by atoms with Gasteiger partial charge in [0, 0.05) is 38.0 Å². The Kier molecular flexibility index (Phi) is 4.85.